The number of nitrogens with zero attached hydrogens (tertiary/aromatic N) is 2. The topological polar surface area (TPSA) is 84.0 Å². The zero-order valence-corrected chi connectivity index (χ0v) is 19.3. The highest BCUT2D eigenvalue weighted by atomic mass is 32.2. The third-order valence-electron chi connectivity index (χ3n) is 5.93. The number of para-hydroxylation sites is 1. The number of fused-ring (bicyclic) bond motifs is 4. The summed E-state index contributed by atoms with van der Waals surface area (Å²) in [5.41, 5.74) is 4.06. The van der Waals surface area contributed by atoms with Crippen molar-refractivity contribution in [2.75, 3.05) is 10.0 Å². The van der Waals surface area contributed by atoms with Gasteiger partial charge in [-0.25, -0.2) is 13.4 Å². The van der Waals surface area contributed by atoms with Crippen molar-refractivity contribution in [3.63, 3.8) is 0 Å². The number of anilines is 3. The van der Waals surface area contributed by atoms with Crippen LogP contribution < -0.4 is 10.0 Å². The van der Waals surface area contributed by atoms with Crippen molar-refractivity contribution in [3.8, 4) is 0 Å². The molecule has 0 saturated heterocycles. The molecule has 0 atom stereocenters. The summed E-state index contributed by atoms with van der Waals surface area (Å²) in [6.45, 7) is 0. The number of sulfonamides is 1. The normalized spacial score (nSPS) is 11.7. The summed E-state index contributed by atoms with van der Waals surface area (Å²) in [6.07, 6.45) is 3.62. The second kappa shape index (κ2) is 8.38. The molecule has 2 N–H and O–H groups in total. The van der Waals surface area contributed by atoms with Crippen LogP contribution in [0.4, 0.5) is 17.1 Å². The first kappa shape index (κ1) is 21.1. The molecule has 2 heterocycles. The molecule has 7 heteroatoms. The van der Waals surface area contributed by atoms with Crippen LogP contribution in [0.25, 0.3) is 32.6 Å². The summed E-state index contributed by atoms with van der Waals surface area (Å²) >= 11 is 0. The molecule has 35 heavy (non-hydrogen) atoms. The Morgan fingerprint density at radius 3 is 2.23 bits per heavy atom. The fourth-order valence-electron chi connectivity index (χ4n) is 4.24. The minimum absolute atomic E-state index is 0.222. The van der Waals surface area contributed by atoms with Crippen LogP contribution in [0.5, 0.6) is 0 Å². The summed E-state index contributed by atoms with van der Waals surface area (Å²) in [5, 5.41) is 7.61. The molecule has 4 aromatic carbocycles. The monoisotopic (exact) mass is 476 g/mol. The van der Waals surface area contributed by atoms with E-state index in [1.54, 1.807) is 48.7 Å². The van der Waals surface area contributed by atoms with Crippen LogP contribution in [-0.4, -0.2) is 18.4 Å². The molecule has 0 unspecified atom stereocenters. The van der Waals surface area contributed by atoms with Crippen molar-refractivity contribution >= 4 is 59.7 Å². The Hall–Kier alpha value is -4.49. The number of hydrogen-bond donors (Lipinski definition) is 2. The third-order valence-corrected chi connectivity index (χ3v) is 7.32. The van der Waals surface area contributed by atoms with E-state index >= 15 is 0 Å². The summed E-state index contributed by atoms with van der Waals surface area (Å²) in [5.74, 6) is 0. The van der Waals surface area contributed by atoms with E-state index < -0.39 is 10.0 Å². The van der Waals surface area contributed by atoms with Crippen LogP contribution in [-0.2, 0) is 10.0 Å². The zero-order valence-electron chi connectivity index (χ0n) is 18.5. The van der Waals surface area contributed by atoms with Gasteiger partial charge in [-0.3, -0.25) is 9.71 Å². The van der Waals surface area contributed by atoms with E-state index in [0.29, 0.717) is 5.69 Å². The lowest BCUT2D eigenvalue weighted by atomic mass is 10.0. The Morgan fingerprint density at radius 2 is 1.40 bits per heavy atom. The average molecular weight is 477 g/mol. The predicted molar refractivity (Wildman–Crippen MR) is 142 cm³/mol. The largest absolute Gasteiger partial charge is 0.354 e. The number of pyridine rings is 2. The molecule has 6 nitrogen and oxygen atoms in total. The molecule has 0 fully saturated rings. The molecule has 0 saturated carbocycles. The Bertz CT molecular complexity index is 1800. The van der Waals surface area contributed by atoms with Crippen molar-refractivity contribution in [1.82, 2.24) is 9.97 Å². The maximum absolute atomic E-state index is 12.6. The van der Waals surface area contributed by atoms with Crippen molar-refractivity contribution in [2.24, 2.45) is 0 Å². The minimum Gasteiger partial charge on any atom is -0.354 e. The van der Waals surface area contributed by atoms with Crippen molar-refractivity contribution in [1.29, 1.82) is 0 Å². The van der Waals surface area contributed by atoms with Crippen molar-refractivity contribution in [2.45, 2.75) is 4.90 Å². The molecular formula is C28H20N4O2S. The third kappa shape index (κ3) is 3.92. The number of rotatable bonds is 5. The number of benzene rings is 4. The number of nitrogens with one attached hydrogen (secondary N) is 2. The van der Waals surface area contributed by atoms with E-state index in [-0.39, 0.29) is 4.90 Å². The van der Waals surface area contributed by atoms with Gasteiger partial charge in [0.05, 0.1) is 21.6 Å². The van der Waals surface area contributed by atoms with Gasteiger partial charge in [0.25, 0.3) is 10.0 Å². The lowest BCUT2D eigenvalue weighted by Gasteiger charge is -2.15. The highest BCUT2D eigenvalue weighted by Crippen LogP contribution is 2.36. The van der Waals surface area contributed by atoms with Gasteiger partial charge in [-0.2, -0.15) is 0 Å². The maximum atomic E-state index is 12.6. The van der Waals surface area contributed by atoms with Gasteiger partial charge in [-0.05, 0) is 54.6 Å². The molecule has 6 rings (SSSR count). The van der Waals surface area contributed by atoms with Crippen LogP contribution in [0.1, 0.15) is 0 Å². The van der Waals surface area contributed by atoms with Gasteiger partial charge in [0.15, 0.2) is 0 Å². The molecule has 0 aliphatic carbocycles. The fraction of sp³-hybridized carbons (Fsp3) is 0. The molecule has 0 aliphatic rings. The van der Waals surface area contributed by atoms with E-state index in [9.17, 15) is 8.42 Å². The Morgan fingerprint density at radius 1 is 0.657 bits per heavy atom. The molecule has 170 valence electrons. The molecule has 0 aliphatic heterocycles. The molecule has 2 aromatic heterocycles. The Balaban J connectivity index is 1.39. The van der Waals surface area contributed by atoms with Gasteiger partial charge < -0.3 is 5.32 Å². The van der Waals surface area contributed by atoms with Gasteiger partial charge in [-0.1, -0.05) is 42.5 Å². The quantitative estimate of drug-likeness (QED) is 0.220. The Labute approximate surface area is 202 Å². The van der Waals surface area contributed by atoms with Gasteiger partial charge in [-0.15, -0.1) is 0 Å². The van der Waals surface area contributed by atoms with E-state index in [4.69, 9.17) is 4.98 Å². The lowest BCUT2D eigenvalue weighted by molar-refractivity contribution is 0.601. The molecule has 0 radical (unpaired) electrons. The van der Waals surface area contributed by atoms with Crippen molar-refractivity contribution < 1.29 is 8.42 Å². The standard InChI is InChI=1S/C28H20N4O2S/c33-35(34,22-6-2-1-3-7-22)32-21-13-11-20(12-14-21)30-28-24-8-4-5-9-26(24)31-27-23-16-17-29-18-19(23)10-15-25(27)28/h1-18,32H,(H,30,31). The highest BCUT2D eigenvalue weighted by Gasteiger charge is 2.14. The summed E-state index contributed by atoms with van der Waals surface area (Å²) in [6, 6.07) is 29.6. The summed E-state index contributed by atoms with van der Waals surface area (Å²) < 4.78 is 27.9. The van der Waals surface area contributed by atoms with Crippen LogP contribution in [0.15, 0.2) is 114 Å². The first-order valence-electron chi connectivity index (χ1n) is 11.1. The van der Waals surface area contributed by atoms with E-state index in [2.05, 4.69) is 21.1 Å². The average Bonchev–Trinajstić information content (AvgIpc) is 2.90. The van der Waals surface area contributed by atoms with Gasteiger partial charge >= 0.3 is 0 Å². The maximum Gasteiger partial charge on any atom is 0.261 e. The van der Waals surface area contributed by atoms with Gasteiger partial charge in [0.1, 0.15) is 0 Å². The second-order valence-corrected chi connectivity index (χ2v) is 9.87. The van der Waals surface area contributed by atoms with Crippen molar-refractivity contribution in [3.05, 3.63) is 109 Å². The SMILES string of the molecule is O=S(=O)(Nc1ccc(Nc2c3ccccc3nc3c2ccc2cnccc23)cc1)c1ccccc1. The highest BCUT2D eigenvalue weighted by molar-refractivity contribution is 7.92. The van der Waals surface area contributed by atoms with Crippen LogP contribution >= 0.6 is 0 Å². The first-order valence-corrected chi connectivity index (χ1v) is 12.6. The molecule has 0 bridgehead atoms. The minimum atomic E-state index is -3.65. The molecule has 6 aromatic rings. The second-order valence-electron chi connectivity index (χ2n) is 8.18. The van der Waals surface area contributed by atoms with E-state index in [1.807, 2.05) is 54.7 Å². The zero-order chi connectivity index (χ0) is 23.8. The summed E-state index contributed by atoms with van der Waals surface area (Å²) in [4.78, 5) is 9.40. The van der Waals surface area contributed by atoms with Gasteiger partial charge in [0.2, 0.25) is 0 Å². The smallest absolute Gasteiger partial charge is 0.261 e. The van der Waals surface area contributed by atoms with Gasteiger partial charge in [0, 0.05) is 45.3 Å². The first-order chi connectivity index (χ1) is 17.1. The van der Waals surface area contributed by atoms with Crippen LogP contribution in [0, 0.1) is 0 Å². The van der Waals surface area contributed by atoms with Crippen LogP contribution in [0.3, 0.4) is 0 Å². The van der Waals surface area contributed by atoms with Crippen LogP contribution in [0.2, 0.25) is 0 Å². The summed E-state index contributed by atoms with van der Waals surface area (Å²) in [7, 11) is -3.65. The molecule has 0 spiro atoms. The van der Waals surface area contributed by atoms with E-state index in [1.165, 1.54) is 0 Å². The fourth-order valence-corrected chi connectivity index (χ4v) is 5.32. The Kier molecular flexibility index (Phi) is 5.04. The number of hydrogen-bond acceptors (Lipinski definition) is 5. The van der Waals surface area contributed by atoms with E-state index in [0.717, 1.165) is 44.0 Å². The number of aromatic nitrogens is 2. The molecular weight excluding hydrogens is 456 g/mol. The lowest BCUT2D eigenvalue weighted by Crippen LogP contribution is -2.12. The molecule has 0 amide bonds. The predicted octanol–water partition coefficient (Wildman–Crippen LogP) is 6.48.